The summed E-state index contributed by atoms with van der Waals surface area (Å²) in [4.78, 5) is 12.6. The average Bonchev–Trinajstić information content (AvgIpc) is 2.72. The monoisotopic (exact) mass is 433 g/mol. The number of benzene rings is 2. The van der Waals surface area contributed by atoms with E-state index in [1.165, 1.54) is 18.6 Å². The lowest BCUT2D eigenvalue weighted by atomic mass is 9.99. The lowest BCUT2D eigenvalue weighted by Gasteiger charge is -2.24. The molecule has 1 fully saturated rings. The topological polar surface area (TPSA) is 78.8 Å². The third-order valence-corrected chi connectivity index (χ3v) is 6.82. The van der Waals surface area contributed by atoms with Gasteiger partial charge in [-0.25, -0.2) is 13.8 Å². The summed E-state index contributed by atoms with van der Waals surface area (Å²) in [7, 11) is -3.94. The van der Waals surface area contributed by atoms with Crippen LogP contribution in [0.1, 0.15) is 37.7 Å². The van der Waals surface area contributed by atoms with Gasteiger partial charge in [0.2, 0.25) is 0 Å². The van der Waals surface area contributed by atoms with Gasteiger partial charge in [0.15, 0.2) is 0 Å². The van der Waals surface area contributed by atoms with Gasteiger partial charge in [0, 0.05) is 10.7 Å². The van der Waals surface area contributed by atoms with Crippen LogP contribution < -0.4 is 9.73 Å². The van der Waals surface area contributed by atoms with Crippen molar-refractivity contribution < 1.29 is 13.2 Å². The van der Waals surface area contributed by atoms with Crippen molar-refractivity contribution in [1.82, 2.24) is 5.43 Å². The van der Waals surface area contributed by atoms with Crippen molar-refractivity contribution in [1.29, 1.82) is 0 Å². The number of hydrogen-bond acceptors (Lipinski definition) is 4. The van der Waals surface area contributed by atoms with Crippen LogP contribution in [0.4, 0.5) is 5.69 Å². The molecule has 0 aromatic heterocycles. The first-order valence-corrected chi connectivity index (χ1v) is 11.4. The molecule has 154 valence electrons. The Kier molecular flexibility index (Phi) is 6.92. The first-order valence-electron chi connectivity index (χ1n) is 9.55. The number of hydrogen-bond donors (Lipinski definition) is 1. The second-order valence-electron chi connectivity index (χ2n) is 7.07. The summed E-state index contributed by atoms with van der Waals surface area (Å²) in [6.45, 7) is 1.50. The van der Waals surface area contributed by atoms with Crippen LogP contribution in [0.2, 0.25) is 5.02 Å². The molecule has 1 amide bonds. The Labute approximate surface area is 176 Å². The molecule has 6 nitrogen and oxygen atoms in total. The van der Waals surface area contributed by atoms with Gasteiger partial charge in [-0.2, -0.15) is 5.10 Å². The fraction of sp³-hybridized carbons (Fsp3) is 0.333. The molecule has 0 bridgehead atoms. The molecule has 0 unspecified atom stereocenters. The average molecular weight is 434 g/mol. The molecular weight excluding hydrogens is 410 g/mol. The number of nitrogens with zero attached hydrogens (tertiary/aromatic N) is 2. The fourth-order valence-electron chi connectivity index (χ4n) is 3.14. The van der Waals surface area contributed by atoms with Gasteiger partial charge in [-0.3, -0.25) is 9.10 Å². The molecule has 0 aliphatic heterocycles. The fourth-order valence-corrected chi connectivity index (χ4v) is 4.69. The molecule has 0 saturated heterocycles. The Balaban J connectivity index is 1.85. The van der Waals surface area contributed by atoms with Crippen LogP contribution >= 0.6 is 11.6 Å². The van der Waals surface area contributed by atoms with E-state index in [-0.39, 0.29) is 11.4 Å². The van der Waals surface area contributed by atoms with Crippen molar-refractivity contribution in [3.05, 3.63) is 59.1 Å². The third kappa shape index (κ3) is 5.58. The highest BCUT2D eigenvalue weighted by molar-refractivity contribution is 7.92. The second-order valence-corrected chi connectivity index (χ2v) is 9.37. The maximum Gasteiger partial charge on any atom is 0.264 e. The van der Waals surface area contributed by atoms with Crippen molar-refractivity contribution >= 4 is 38.9 Å². The Bertz CT molecular complexity index is 979. The van der Waals surface area contributed by atoms with Crippen molar-refractivity contribution in [2.45, 2.75) is 43.9 Å². The number of carbonyl (C=O) groups excluding carboxylic acids is 1. The maximum atomic E-state index is 13.2. The van der Waals surface area contributed by atoms with Gasteiger partial charge in [-0.05, 0) is 69.0 Å². The largest absolute Gasteiger partial charge is 0.271 e. The molecule has 1 saturated carbocycles. The number of aryl methyl sites for hydroxylation is 1. The van der Waals surface area contributed by atoms with E-state index >= 15 is 0 Å². The molecule has 1 aliphatic carbocycles. The van der Waals surface area contributed by atoms with Crippen LogP contribution in [0.15, 0.2) is 58.5 Å². The molecule has 0 spiro atoms. The highest BCUT2D eigenvalue weighted by Crippen LogP contribution is 2.25. The molecule has 0 heterocycles. The molecule has 1 N–H and O–H groups in total. The Morgan fingerprint density at radius 2 is 1.66 bits per heavy atom. The van der Waals surface area contributed by atoms with Gasteiger partial charge in [-0.1, -0.05) is 35.7 Å². The van der Waals surface area contributed by atoms with Crippen LogP contribution in [0.3, 0.4) is 0 Å². The number of sulfonamides is 1. The lowest BCUT2D eigenvalue weighted by Crippen LogP contribution is -2.39. The van der Waals surface area contributed by atoms with E-state index in [0.717, 1.165) is 41.3 Å². The summed E-state index contributed by atoms with van der Waals surface area (Å²) >= 11 is 5.94. The summed E-state index contributed by atoms with van der Waals surface area (Å²) in [6.07, 6.45) is 5.03. The first-order chi connectivity index (χ1) is 13.9. The van der Waals surface area contributed by atoms with E-state index in [1.54, 1.807) is 36.4 Å². The summed E-state index contributed by atoms with van der Waals surface area (Å²) in [5, 5.41) is 4.67. The van der Waals surface area contributed by atoms with Crippen LogP contribution in [-0.2, 0) is 14.8 Å². The molecule has 2 aromatic carbocycles. The van der Waals surface area contributed by atoms with Gasteiger partial charge in [0.05, 0.1) is 10.6 Å². The van der Waals surface area contributed by atoms with Gasteiger partial charge in [-0.15, -0.1) is 0 Å². The quantitative estimate of drug-likeness (QED) is 0.690. The summed E-state index contributed by atoms with van der Waals surface area (Å²) < 4.78 is 27.6. The van der Waals surface area contributed by atoms with Crippen molar-refractivity contribution in [2.75, 3.05) is 10.8 Å². The minimum atomic E-state index is -3.94. The minimum Gasteiger partial charge on any atom is -0.271 e. The number of rotatable bonds is 6. The van der Waals surface area contributed by atoms with Crippen molar-refractivity contribution in [2.24, 2.45) is 5.10 Å². The van der Waals surface area contributed by atoms with E-state index in [4.69, 9.17) is 11.6 Å². The summed E-state index contributed by atoms with van der Waals surface area (Å²) in [5.41, 5.74) is 4.77. The van der Waals surface area contributed by atoms with Gasteiger partial charge < -0.3 is 0 Å². The molecule has 2 aromatic rings. The van der Waals surface area contributed by atoms with Crippen LogP contribution in [0.5, 0.6) is 0 Å². The zero-order valence-corrected chi connectivity index (χ0v) is 17.8. The predicted octanol–water partition coefficient (Wildman–Crippen LogP) is 4.28. The molecule has 29 heavy (non-hydrogen) atoms. The summed E-state index contributed by atoms with van der Waals surface area (Å²) in [5.74, 6) is -0.492. The van der Waals surface area contributed by atoms with Gasteiger partial charge in [0.1, 0.15) is 6.54 Å². The first kappa shape index (κ1) is 21.3. The molecule has 8 heteroatoms. The lowest BCUT2D eigenvalue weighted by molar-refractivity contribution is -0.119. The molecule has 3 rings (SSSR count). The van der Waals surface area contributed by atoms with E-state index in [9.17, 15) is 13.2 Å². The second kappa shape index (κ2) is 9.41. The summed E-state index contributed by atoms with van der Waals surface area (Å²) in [6, 6.07) is 12.9. The highest BCUT2D eigenvalue weighted by atomic mass is 35.5. The minimum absolute atomic E-state index is 0.115. The Morgan fingerprint density at radius 1 is 1.03 bits per heavy atom. The SMILES string of the molecule is Cc1ccc(S(=O)(=O)N(CC(=O)NN=C2CCCCC2)c2ccc(Cl)cc2)cc1. The highest BCUT2D eigenvalue weighted by Gasteiger charge is 2.27. The molecule has 0 radical (unpaired) electrons. The van der Waals surface area contributed by atoms with Crippen molar-refractivity contribution in [3.63, 3.8) is 0 Å². The number of anilines is 1. The standard InChI is InChI=1S/C21H24ClN3O3S/c1-16-7-13-20(14-8-16)29(27,28)25(19-11-9-17(22)10-12-19)15-21(26)24-23-18-5-3-2-4-6-18/h7-14H,2-6,15H2,1H3,(H,24,26). The number of hydrazone groups is 1. The van der Waals surface area contributed by atoms with Crippen LogP contribution in [0, 0.1) is 6.92 Å². The maximum absolute atomic E-state index is 13.2. The van der Waals surface area contributed by atoms with E-state index in [0.29, 0.717) is 10.7 Å². The zero-order valence-electron chi connectivity index (χ0n) is 16.3. The normalized spacial score (nSPS) is 14.3. The van der Waals surface area contributed by atoms with E-state index < -0.39 is 15.9 Å². The van der Waals surface area contributed by atoms with Crippen LogP contribution in [-0.4, -0.2) is 26.6 Å². The number of nitrogens with one attached hydrogen (secondary N) is 1. The molecule has 0 atom stereocenters. The van der Waals surface area contributed by atoms with Crippen molar-refractivity contribution in [3.8, 4) is 0 Å². The van der Waals surface area contributed by atoms with E-state index in [2.05, 4.69) is 10.5 Å². The molecule has 1 aliphatic rings. The number of halogens is 1. The predicted molar refractivity (Wildman–Crippen MR) is 116 cm³/mol. The Morgan fingerprint density at radius 3 is 2.28 bits per heavy atom. The Hall–Kier alpha value is -2.38. The number of carbonyl (C=O) groups is 1. The smallest absolute Gasteiger partial charge is 0.264 e. The zero-order chi connectivity index (χ0) is 20.9. The number of amides is 1. The van der Waals surface area contributed by atoms with Crippen LogP contribution in [0.25, 0.3) is 0 Å². The third-order valence-electron chi connectivity index (χ3n) is 4.78. The molecular formula is C21H24ClN3O3S. The van der Waals surface area contributed by atoms with Gasteiger partial charge in [0.25, 0.3) is 15.9 Å². The van der Waals surface area contributed by atoms with Gasteiger partial charge >= 0.3 is 0 Å². The van der Waals surface area contributed by atoms with E-state index in [1.807, 2.05) is 6.92 Å².